The van der Waals surface area contributed by atoms with Crippen molar-refractivity contribution in [1.82, 2.24) is 0 Å². The monoisotopic (exact) mass is 295 g/mol. The molecule has 3 rings (SSSR count). The van der Waals surface area contributed by atoms with Crippen molar-refractivity contribution >= 4 is 17.4 Å². The highest BCUT2D eigenvalue weighted by molar-refractivity contribution is 6.15. The zero-order chi connectivity index (χ0) is 15.5. The minimum Gasteiger partial charge on any atom is -0.497 e. The summed E-state index contributed by atoms with van der Waals surface area (Å²) in [5, 5.41) is 0. The Morgan fingerprint density at radius 3 is 2.41 bits per heavy atom. The first kappa shape index (κ1) is 14.3. The van der Waals surface area contributed by atoms with Crippen LogP contribution in [0.3, 0.4) is 0 Å². The lowest BCUT2D eigenvalue weighted by atomic mass is 9.96. The van der Waals surface area contributed by atoms with Gasteiger partial charge >= 0.3 is 0 Å². The van der Waals surface area contributed by atoms with Gasteiger partial charge in [-0.15, -0.1) is 0 Å². The molecule has 2 aromatic carbocycles. The lowest BCUT2D eigenvalue weighted by Crippen LogP contribution is -2.30. The van der Waals surface area contributed by atoms with E-state index in [2.05, 4.69) is 0 Å². The van der Waals surface area contributed by atoms with Crippen molar-refractivity contribution < 1.29 is 14.3 Å². The van der Waals surface area contributed by atoms with Gasteiger partial charge in [0.1, 0.15) is 11.7 Å². The molecule has 1 saturated heterocycles. The van der Waals surface area contributed by atoms with Crippen LogP contribution >= 0.6 is 0 Å². The standard InChI is InChI=1S/C18H17NO3/c1-22-15-9-7-14(8-10-15)19-12-11-16(18(19)21)17(20)13-5-3-2-4-6-13/h2-10,16H,11-12H2,1H3. The summed E-state index contributed by atoms with van der Waals surface area (Å²) in [4.78, 5) is 26.7. The molecule has 22 heavy (non-hydrogen) atoms. The molecule has 1 unspecified atom stereocenters. The zero-order valence-electron chi connectivity index (χ0n) is 12.4. The number of rotatable bonds is 4. The maximum atomic E-state index is 12.5. The Morgan fingerprint density at radius 1 is 1.09 bits per heavy atom. The summed E-state index contributed by atoms with van der Waals surface area (Å²) < 4.78 is 5.12. The Kier molecular flexibility index (Phi) is 3.92. The number of benzene rings is 2. The highest BCUT2D eigenvalue weighted by Crippen LogP contribution is 2.28. The van der Waals surface area contributed by atoms with Crippen molar-refractivity contribution in [3.05, 3.63) is 60.2 Å². The lowest BCUT2D eigenvalue weighted by molar-refractivity contribution is -0.119. The third-order valence-electron chi connectivity index (χ3n) is 3.96. The molecule has 0 N–H and O–H groups in total. The first-order chi connectivity index (χ1) is 10.7. The minimum absolute atomic E-state index is 0.0957. The van der Waals surface area contributed by atoms with Crippen LogP contribution in [-0.2, 0) is 4.79 Å². The number of nitrogens with zero attached hydrogens (tertiary/aromatic N) is 1. The van der Waals surface area contributed by atoms with E-state index in [1.165, 1.54) is 0 Å². The largest absolute Gasteiger partial charge is 0.497 e. The number of hydrogen-bond donors (Lipinski definition) is 0. The highest BCUT2D eigenvalue weighted by atomic mass is 16.5. The summed E-state index contributed by atoms with van der Waals surface area (Å²) in [5.41, 5.74) is 1.39. The number of Topliss-reactive ketones (excluding diaryl/α,β-unsaturated/α-hetero) is 1. The summed E-state index contributed by atoms with van der Waals surface area (Å²) in [7, 11) is 1.60. The van der Waals surface area contributed by atoms with Crippen LogP contribution in [0.4, 0.5) is 5.69 Å². The fourth-order valence-corrected chi connectivity index (χ4v) is 2.75. The van der Waals surface area contributed by atoms with Crippen molar-refractivity contribution in [2.24, 2.45) is 5.92 Å². The molecule has 0 radical (unpaired) electrons. The fraction of sp³-hybridized carbons (Fsp3) is 0.222. The van der Waals surface area contributed by atoms with Gasteiger partial charge in [-0.3, -0.25) is 9.59 Å². The molecule has 0 saturated carbocycles. The van der Waals surface area contributed by atoms with Crippen LogP contribution < -0.4 is 9.64 Å². The number of hydrogen-bond acceptors (Lipinski definition) is 3. The van der Waals surface area contributed by atoms with Crippen LogP contribution in [0, 0.1) is 5.92 Å². The van der Waals surface area contributed by atoms with Gasteiger partial charge < -0.3 is 9.64 Å². The predicted octanol–water partition coefficient (Wildman–Crippen LogP) is 2.93. The van der Waals surface area contributed by atoms with Gasteiger partial charge in [-0.2, -0.15) is 0 Å². The van der Waals surface area contributed by atoms with E-state index in [1.807, 2.05) is 42.5 Å². The number of carbonyl (C=O) groups is 2. The lowest BCUT2D eigenvalue weighted by Gasteiger charge is -2.17. The molecule has 0 spiro atoms. The van der Waals surface area contributed by atoms with Gasteiger partial charge in [0.15, 0.2) is 5.78 Å². The van der Waals surface area contributed by atoms with Crippen molar-refractivity contribution in [3.8, 4) is 5.75 Å². The van der Waals surface area contributed by atoms with Crippen LogP contribution in [0.15, 0.2) is 54.6 Å². The molecule has 1 amide bonds. The predicted molar refractivity (Wildman–Crippen MR) is 84.2 cm³/mol. The van der Waals surface area contributed by atoms with Gasteiger partial charge in [-0.05, 0) is 30.7 Å². The highest BCUT2D eigenvalue weighted by Gasteiger charge is 2.37. The number of ether oxygens (including phenoxy) is 1. The van der Waals surface area contributed by atoms with E-state index in [-0.39, 0.29) is 11.7 Å². The van der Waals surface area contributed by atoms with Gasteiger partial charge in [-0.25, -0.2) is 0 Å². The van der Waals surface area contributed by atoms with E-state index in [1.54, 1.807) is 24.1 Å². The van der Waals surface area contributed by atoms with Crippen LogP contribution in [0.1, 0.15) is 16.8 Å². The topological polar surface area (TPSA) is 46.6 Å². The molecule has 4 nitrogen and oxygen atoms in total. The van der Waals surface area contributed by atoms with E-state index in [0.29, 0.717) is 18.5 Å². The Labute approximate surface area is 129 Å². The van der Waals surface area contributed by atoms with Crippen LogP contribution in [0.2, 0.25) is 0 Å². The third kappa shape index (κ3) is 2.60. The second kappa shape index (κ2) is 6.02. The molecule has 4 heteroatoms. The molecule has 0 aliphatic carbocycles. The van der Waals surface area contributed by atoms with Gasteiger partial charge in [0, 0.05) is 17.8 Å². The quantitative estimate of drug-likeness (QED) is 0.643. The molecule has 1 fully saturated rings. The smallest absolute Gasteiger partial charge is 0.238 e. The van der Waals surface area contributed by atoms with E-state index in [4.69, 9.17) is 4.74 Å². The Balaban J connectivity index is 1.78. The first-order valence-electron chi connectivity index (χ1n) is 7.25. The molecule has 112 valence electrons. The second-order valence-electron chi connectivity index (χ2n) is 5.26. The maximum absolute atomic E-state index is 12.5. The minimum atomic E-state index is -0.579. The number of anilines is 1. The number of amides is 1. The molecular weight excluding hydrogens is 278 g/mol. The third-order valence-corrected chi connectivity index (χ3v) is 3.96. The summed E-state index contributed by atoms with van der Waals surface area (Å²) >= 11 is 0. The van der Waals surface area contributed by atoms with Crippen LogP contribution in [0.25, 0.3) is 0 Å². The first-order valence-corrected chi connectivity index (χ1v) is 7.25. The molecule has 1 aliphatic heterocycles. The summed E-state index contributed by atoms with van der Waals surface area (Å²) in [6.07, 6.45) is 0.554. The number of methoxy groups -OCH3 is 1. The SMILES string of the molecule is COc1ccc(N2CCC(C(=O)c3ccccc3)C2=O)cc1. The maximum Gasteiger partial charge on any atom is 0.238 e. The molecule has 1 heterocycles. The van der Waals surface area contributed by atoms with E-state index < -0.39 is 5.92 Å². The van der Waals surface area contributed by atoms with Gasteiger partial charge in [0.2, 0.25) is 5.91 Å². The molecule has 1 atom stereocenters. The summed E-state index contributed by atoms with van der Waals surface area (Å²) in [6.45, 7) is 0.564. The zero-order valence-corrected chi connectivity index (χ0v) is 12.4. The normalized spacial score (nSPS) is 17.6. The van der Waals surface area contributed by atoms with Crippen molar-refractivity contribution in [3.63, 3.8) is 0 Å². The van der Waals surface area contributed by atoms with Crippen LogP contribution in [0.5, 0.6) is 5.75 Å². The average Bonchev–Trinajstić information content (AvgIpc) is 2.96. The van der Waals surface area contributed by atoms with Gasteiger partial charge in [0.25, 0.3) is 0 Å². The number of ketones is 1. The van der Waals surface area contributed by atoms with Crippen molar-refractivity contribution in [2.75, 3.05) is 18.6 Å². The van der Waals surface area contributed by atoms with Gasteiger partial charge in [-0.1, -0.05) is 30.3 Å². The van der Waals surface area contributed by atoms with Crippen molar-refractivity contribution in [2.45, 2.75) is 6.42 Å². The Hall–Kier alpha value is -2.62. The van der Waals surface area contributed by atoms with E-state index in [0.717, 1.165) is 11.4 Å². The van der Waals surface area contributed by atoms with Crippen LogP contribution in [-0.4, -0.2) is 25.3 Å². The summed E-state index contributed by atoms with van der Waals surface area (Å²) in [5.74, 6) is -0.0579. The summed E-state index contributed by atoms with van der Waals surface area (Å²) in [6, 6.07) is 16.3. The van der Waals surface area contributed by atoms with Gasteiger partial charge in [0.05, 0.1) is 7.11 Å². The van der Waals surface area contributed by atoms with Crippen molar-refractivity contribution in [1.29, 1.82) is 0 Å². The Bertz CT molecular complexity index is 679. The molecule has 1 aliphatic rings. The molecule has 0 bridgehead atoms. The van der Waals surface area contributed by atoms with E-state index in [9.17, 15) is 9.59 Å². The Morgan fingerprint density at radius 2 is 1.77 bits per heavy atom. The average molecular weight is 295 g/mol. The fourth-order valence-electron chi connectivity index (χ4n) is 2.75. The van der Waals surface area contributed by atoms with E-state index >= 15 is 0 Å². The second-order valence-corrected chi connectivity index (χ2v) is 5.26. The molecule has 2 aromatic rings. The number of carbonyl (C=O) groups excluding carboxylic acids is 2. The molecule has 0 aromatic heterocycles. The molecular formula is C18H17NO3.